The lowest BCUT2D eigenvalue weighted by atomic mass is 10.2. The van der Waals surface area contributed by atoms with E-state index < -0.39 is 0 Å². The maximum Gasteiger partial charge on any atom is 0.262 e. The third-order valence-electron chi connectivity index (χ3n) is 2.83. The third-order valence-corrected chi connectivity index (χ3v) is 4.91. The Morgan fingerprint density at radius 1 is 1.09 bits per heavy atom. The molecule has 0 bridgehead atoms. The molecule has 0 heterocycles. The maximum atomic E-state index is 12.0. The highest BCUT2D eigenvalue weighted by Crippen LogP contribution is 2.33. The summed E-state index contributed by atoms with van der Waals surface area (Å²) < 4.78 is 7.24. The number of hydrogen-bond donors (Lipinski definition) is 1. The first kappa shape index (κ1) is 18.9. The Morgan fingerprint density at radius 3 is 2.39 bits per heavy atom. The summed E-state index contributed by atoms with van der Waals surface area (Å²) in [7, 11) is 0. The fourth-order valence-electron chi connectivity index (χ4n) is 1.81. The van der Waals surface area contributed by atoms with E-state index >= 15 is 0 Å². The molecule has 0 saturated carbocycles. The Morgan fingerprint density at radius 2 is 1.74 bits per heavy atom. The largest absolute Gasteiger partial charge is 0.482 e. The zero-order valence-corrected chi connectivity index (χ0v) is 17.2. The average Bonchev–Trinajstić information content (AvgIpc) is 2.43. The number of benzene rings is 2. The fourth-order valence-corrected chi connectivity index (χ4v) is 3.96. The molecule has 0 atom stereocenters. The SMILES string of the molecule is Cc1cc(Br)cc(Br)c1OCC(=O)Nc1cc(Cl)c(Cl)cc1Cl. The van der Waals surface area contributed by atoms with Crippen LogP contribution in [0.1, 0.15) is 5.56 Å². The van der Waals surface area contributed by atoms with E-state index in [4.69, 9.17) is 39.5 Å². The van der Waals surface area contributed by atoms with Gasteiger partial charge in [0.1, 0.15) is 5.75 Å². The Balaban J connectivity index is 2.05. The number of ether oxygens (including phenoxy) is 1. The van der Waals surface area contributed by atoms with Gasteiger partial charge in [-0.25, -0.2) is 0 Å². The third kappa shape index (κ3) is 5.00. The summed E-state index contributed by atoms with van der Waals surface area (Å²) in [6.45, 7) is 1.72. The van der Waals surface area contributed by atoms with E-state index in [2.05, 4.69) is 37.2 Å². The molecule has 23 heavy (non-hydrogen) atoms. The van der Waals surface area contributed by atoms with Crippen LogP contribution in [-0.2, 0) is 4.79 Å². The van der Waals surface area contributed by atoms with E-state index in [0.717, 1.165) is 14.5 Å². The highest BCUT2D eigenvalue weighted by atomic mass is 79.9. The average molecular weight is 502 g/mol. The number of anilines is 1. The Bertz CT molecular complexity index is 746. The van der Waals surface area contributed by atoms with Crippen LogP contribution in [0.5, 0.6) is 5.75 Å². The zero-order valence-electron chi connectivity index (χ0n) is 11.7. The molecular formula is C15H10Br2Cl3NO2. The number of carbonyl (C=O) groups is 1. The standard InChI is InChI=1S/C15H10Br2Cl3NO2/c1-7-2-8(16)3-9(17)15(7)23-6-14(22)21-13-5-11(19)10(18)4-12(13)20/h2-5H,6H2,1H3,(H,21,22). The van der Waals surface area contributed by atoms with E-state index in [9.17, 15) is 4.79 Å². The number of rotatable bonds is 4. The molecule has 0 saturated heterocycles. The smallest absolute Gasteiger partial charge is 0.262 e. The summed E-state index contributed by atoms with van der Waals surface area (Å²) in [6, 6.07) is 6.70. The molecule has 2 aromatic rings. The molecule has 122 valence electrons. The van der Waals surface area contributed by atoms with Gasteiger partial charge in [-0.3, -0.25) is 4.79 Å². The first-order valence-electron chi connectivity index (χ1n) is 6.30. The molecular weight excluding hydrogens is 492 g/mol. The molecule has 3 nitrogen and oxygen atoms in total. The monoisotopic (exact) mass is 499 g/mol. The zero-order chi connectivity index (χ0) is 17.1. The predicted molar refractivity (Wildman–Crippen MR) is 102 cm³/mol. The number of nitrogens with one attached hydrogen (secondary N) is 1. The number of halogens is 5. The molecule has 0 fully saturated rings. The Hall–Kier alpha value is -0.460. The van der Waals surface area contributed by atoms with Gasteiger partial charge in [-0.05, 0) is 52.7 Å². The second-order valence-electron chi connectivity index (χ2n) is 4.62. The molecule has 0 radical (unpaired) electrons. The van der Waals surface area contributed by atoms with E-state index in [1.54, 1.807) is 0 Å². The van der Waals surface area contributed by atoms with Gasteiger partial charge >= 0.3 is 0 Å². The van der Waals surface area contributed by atoms with Crippen molar-refractivity contribution < 1.29 is 9.53 Å². The van der Waals surface area contributed by atoms with Crippen LogP contribution in [-0.4, -0.2) is 12.5 Å². The molecule has 0 unspecified atom stereocenters. The first-order chi connectivity index (χ1) is 10.8. The summed E-state index contributed by atoms with van der Waals surface area (Å²) in [5.41, 5.74) is 1.27. The topological polar surface area (TPSA) is 38.3 Å². The highest BCUT2D eigenvalue weighted by molar-refractivity contribution is 9.11. The van der Waals surface area contributed by atoms with Crippen molar-refractivity contribution in [1.29, 1.82) is 0 Å². The van der Waals surface area contributed by atoms with Crippen molar-refractivity contribution >= 4 is 78.3 Å². The van der Waals surface area contributed by atoms with Crippen molar-refractivity contribution in [2.24, 2.45) is 0 Å². The second-order valence-corrected chi connectivity index (χ2v) is 7.61. The van der Waals surface area contributed by atoms with Gasteiger partial charge in [0.05, 0.1) is 25.2 Å². The molecule has 0 spiro atoms. The van der Waals surface area contributed by atoms with Crippen molar-refractivity contribution in [1.82, 2.24) is 0 Å². The predicted octanol–water partition coefficient (Wildman–Crippen LogP) is 6.50. The molecule has 0 aliphatic heterocycles. The van der Waals surface area contributed by atoms with Crippen LogP contribution >= 0.6 is 66.7 Å². The molecule has 1 amide bonds. The molecule has 2 rings (SSSR count). The van der Waals surface area contributed by atoms with E-state index in [-0.39, 0.29) is 12.5 Å². The fraction of sp³-hybridized carbons (Fsp3) is 0.133. The van der Waals surface area contributed by atoms with Crippen LogP contribution < -0.4 is 10.1 Å². The van der Waals surface area contributed by atoms with Gasteiger partial charge in [-0.2, -0.15) is 0 Å². The van der Waals surface area contributed by atoms with Crippen LogP contribution in [0.2, 0.25) is 15.1 Å². The van der Waals surface area contributed by atoms with Gasteiger partial charge in [0, 0.05) is 4.47 Å². The van der Waals surface area contributed by atoms with Crippen LogP contribution in [0.15, 0.2) is 33.2 Å². The number of carbonyl (C=O) groups excluding carboxylic acids is 1. The summed E-state index contributed by atoms with van der Waals surface area (Å²) in [4.78, 5) is 12.0. The van der Waals surface area contributed by atoms with Gasteiger partial charge < -0.3 is 10.1 Å². The second kappa shape index (κ2) is 8.08. The summed E-state index contributed by atoms with van der Waals surface area (Å²) in [5.74, 6) is 0.239. The van der Waals surface area contributed by atoms with Crippen LogP contribution in [0.3, 0.4) is 0 Å². The molecule has 0 aromatic heterocycles. The summed E-state index contributed by atoms with van der Waals surface area (Å²) >= 11 is 24.6. The van der Waals surface area contributed by atoms with Crippen molar-refractivity contribution in [2.75, 3.05) is 11.9 Å². The molecule has 8 heteroatoms. The minimum absolute atomic E-state index is 0.169. The maximum absolute atomic E-state index is 12.0. The lowest BCUT2D eigenvalue weighted by Gasteiger charge is -2.13. The molecule has 0 aliphatic rings. The minimum atomic E-state index is -0.362. The van der Waals surface area contributed by atoms with Crippen LogP contribution in [0, 0.1) is 6.92 Å². The first-order valence-corrected chi connectivity index (χ1v) is 9.02. The molecule has 0 aliphatic carbocycles. The minimum Gasteiger partial charge on any atom is -0.482 e. The lowest BCUT2D eigenvalue weighted by Crippen LogP contribution is -2.20. The van der Waals surface area contributed by atoms with Gasteiger partial charge in [-0.1, -0.05) is 50.7 Å². The van der Waals surface area contributed by atoms with Gasteiger partial charge in [0.2, 0.25) is 0 Å². The Kier molecular flexibility index (Phi) is 6.63. The number of hydrogen-bond acceptors (Lipinski definition) is 2. The van der Waals surface area contributed by atoms with E-state index in [0.29, 0.717) is 26.5 Å². The van der Waals surface area contributed by atoms with Crippen molar-refractivity contribution in [2.45, 2.75) is 6.92 Å². The molecule has 1 N–H and O–H groups in total. The van der Waals surface area contributed by atoms with Gasteiger partial charge in [-0.15, -0.1) is 0 Å². The summed E-state index contributed by atoms with van der Waals surface area (Å²) in [5, 5.41) is 3.56. The normalized spacial score (nSPS) is 10.5. The quantitative estimate of drug-likeness (QED) is 0.485. The van der Waals surface area contributed by atoms with Crippen molar-refractivity contribution in [3.8, 4) is 5.75 Å². The Labute approximate surface area is 165 Å². The van der Waals surface area contributed by atoms with E-state index in [1.165, 1.54) is 12.1 Å². The van der Waals surface area contributed by atoms with Gasteiger partial charge in [0.15, 0.2) is 6.61 Å². The lowest BCUT2D eigenvalue weighted by molar-refractivity contribution is -0.118. The van der Waals surface area contributed by atoms with Crippen LogP contribution in [0.25, 0.3) is 0 Å². The highest BCUT2D eigenvalue weighted by Gasteiger charge is 2.12. The number of aryl methyl sites for hydroxylation is 1. The van der Waals surface area contributed by atoms with Crippen LogP contribution in [0.4, 0.5) is 5.69 Å². The van der Waals surface area contributed by atoms with E-state index in [1.807, 2.05) is 19.1 Å². The van der Waals surface area contributed by atoms with Crippen molar-refractivity contribution in [3.05, 3.63) is 53.8 Å². The molecule has 2 aromatic carbocycles. The van der Waals surface area contributed by atoms with Crippen molar-refractivity contribution in [3.63, 3.8) is 0 Å². The number of amides is 1. The summed E-state index contributed by atoms with van der Waals surface area (Å²) in [6.07, 6.45) is 0. The van der Waals surface area contributed by atoms with Gasteiger partial charge in [0.25, 0.3) is 5.91 Å².